The van der Waals surface area contributed by atoms with Gasteiger partial charge in [0.05, 0.1) is 11.9 Å². The van der Waals surface area contributed by atoms with Crippen molar-refractivity contribution in [1.29, 1.82) is 0 Å². The largest absolute Gasteiger partial charge is 0.382 e. The van der Waals surface area contributed by atoms with E-state index < -0.39 is 0 Å². The van der Waals surface area contributed by atoms with Crippen molar-refractivity contribution < 1.29 is 4.39 Å². The molecular formula is C14H14FN5. The van der Waals surface area contributed by atoms with Gasteiger partial charge < -0.3 is 15.0 Å². The molecule has 0 aliphatic heterocycles. The first-order chi connectivity index (χ1) is 9.70. The Labute approximate surface area is 115 Å². The molecule has 0 spiro atoms. The summed E-state index contributed by atoms with van der Waals surface area (Å²) in [4.78, 5) is 10.3. The summed E-state index contributed by atoms with van der Waals surface area (Å²) in [5.74, 6) is 0.603. The van der Waals surface area contributed by atoms with Crippen LogP contribution in [0.5, 0.6) is 0 Å². The highest BCUT2D eigenvalue weighted by Crippen LogP contribution is 2.29. The summed E-state index contributed by atoms with van der Waals surface area (Å²) in [7, 11) is 0. The number of benzene rings is 1. The smallest absolute Gasteiger partial charge is 0.180 e. The second kappa shape index (κ2) is 4.80. The Hall–Kier alpha value is -2.63. The fraction of sp³-hybridized carbons (Fsp3) is 0.143. The number of aromatic nitrogens is 3. The van der Waals surface area contributed by atoms with E-state index in [0.29, 0.717) is 29.5 Å². The third-order valence-corrected chi connectivity index (χ3v) is 3.09. The van der Waals surface area contributed by atoms with Gasteiger partial charge in [-0.05, 0) is 19.1 Å². The van der Waals surface area contributed by atoms with E-state index >= 15 is 0 Å². The van der Waals surface area contributed by atoms with Gasteiger partial charge in [0, 0.05) is 18.9 Å². The maximum atomic E-state index is 14.0. The monoisotopic (exact) mass is 271 g/mol. The van der Waals surface area contributed by atoms with Crippen LogP contribution < -0.4 is 10.6 Å². The number of nitrogen functional groups attached to an aromatic ring is 1. The van der Waals surface area contributed by atoms with E-state index in [1.54, 1.807) is 46.1 Å². The number of anilines is 3. The molecule has 0 saturated heterocycles. The van der Waals surface area contributed by atoms with Crippen molar-refractivity contribution >= 4 is 23.0 Å². The molecule has 0 saturated carbocycles. The third kappa shape index (κ3) is 1.95. The highest BCUT2D eigenvalue weighted by molar-refractivity contribution is 5.73. The molecule has 0 unspecified atom stereocenters. The van der Waals surface area contributed by atoms with Gasteiger partial charge in [0.1, 0.15) is 11.6 Å². The van der Waals surface area contributed by atoms with Gasteiger partial charge in [0.15, 0.2) is 11.5 Å². The first-order valence-electron chi connectivity index (χ1n) is 6.32. The van der Waals surface area contributed by atoms with E-state index in [1.807, 2.05) is 6.92 Å². The number of nitrogens with zero attached hydrogens (tertiary/aromatic N) is 4. The predicted molar refractivity (Wildman–Crippen MR) is 76.5 cm³/mol. The maximum absolute atomic E-state index is 14.0. The van der Waals surface area contributed by atoms with E-state index in [4.69, 9.17) is 5.73 Å². The lowest BCUT2D eigenvalue weighted by Gasteiger charge is -2.23. The lowest BCUT2D eigenvalue weighted by molar-refractivity contribution is 0.625. The minimum atomic E-state index is -0.303. The Morgan fingerprint density at radius 2 is 2.15 bits per heavy atom. The number of para-hydroxylation sites is 1. The second-order valence-corrected chi connectivity index (χ2v) is 4.34. The summed E-state index contributed by atoms with van der Waals surface area (Å²) in [6.45, 7) is 2.48. The van der Waals surface area contributed by atoms with Crippen LogP contribution in [0.4, 0.5) is 21.7 Å². The standard InChI is InChI=1S/C14H14FN5/c1-2-20(11-6-4-3-5-10(11)15)14-13-17-7-8-19(13)9-12(16)18-14/h3-9H,2,16H2,1H3. The van der Waals surface area contributed by atoms with Crippen LogP contribution in [0.25, 0.3) is 5.65 Å². The van der Waals surface area contributed by atoms with Crippen LogP contribution in [-0.4, -0.2) is 20.9 Å². The summed E-state index contributed by atoms with van der Waals surface area (Å²) in [6, 6.07) is 6.58. The summed E-state index contributed by atoms with van der Waals surface area (Å²) in [6.07, 6.45) is 5.13. The molecule has 2 heterocycles. The first kappa shape index (κ1) is 12.4. The number of halogens is 1. The minimum absolute atomic E-state index is 0.303. The van der Waals surface area contributed by atoms with Crippen molar-refractivity contribution in [3.63, 3.8) is 0 Å². The van der Waals surface area contributed by atoms with Crippen molar-refractivity contribution in [3.05, 3.63) is 48.7 Å². The molecule has 20 heavy (non-hydrogen) atoms. The molecule has 1 aromatic carbocycles. The number of imidazole rings is 1. The van der Waals surface area contributed by atoms with Crippen molar-refractivity contribution in [3.8, 4) is 0 Å². The molecule has 3 aromatic rings. The highest BCUT2D eigenvalue weighted by Gasteiger charge is 2.17. The number of hydrogen-bond donors (Lipinski definition) is 1. The van der Waals surface area contributed by atoms with Crippen LogP contribution in [0, 0.1) is 5.82 Å². The Bertz CT molecular complexity index is 752. The average molecular weight is 271 g/mol. The molecule has 3 rings (SSSR count). The zero-order valence-electron chi connectivity index (χ0n) is 11.0. The lowest BCUT2D eigenvalue weighted by atomic mass is 10.2. The Kier molecular flexibility index (Phi) is 2.98. The molecule has 0 fully saturated rings. The van der Waals surface area contributed by atoms with Gasteiger partial charge in [-0.1, -0.05) is 12.1 Å². The number of fused-ring (bicyclic) bond motifs is 1. The summed E-state index contributed by atoms with van der Waals surface area (Å²) < 4.78 is 15.8. The lowest BCUT2D eigenvalue weighted by Crippen LogP contribution is -2.20. The van der Waals surface area contributed by atoms with Gasteiger partial charge in [-0.25, -0.2) is 14.4 Å². The van der Waals surface area contributed by atoms with E-state index in [1.165, 1.54) is 6.07 Å². The van der Waals surface area contributed by atoms with Gasteiger partial charge in [-0.3, -0.25) is 0 Å². The predicted octanol–water partition coefficient (Wildman–Crippen LogP) is 2.61. The quantitative estimate of drug-likeness (QED) is 0.795. The third-order valence-electron chi connectivity index (χ3n) is 3.09. The molecule has 5 nitrogen and oxygen atoms in total. The van der Waals surface area contributed by atoms with E-state index in [0.717, 1.165) is 0 Å². The molecule has 0 aliphatic rings. The summed E-state index contributed by atoms with van der Waals surface area (Å²) in [5.41, 5.74) is 6.91. The van der Waals surface area contributed by atoms with Crippen molar-refractivity contribution in [1.82, 2.24) is 14.4 Å². The molecule has 0 bridgehead atoms. The van der Waals surface area contributed by atoms with Crippen LogP contribution in [0.2, 0.25) is 0 Å². The van der Waals surface area contributed by atoms with Crippen molar-refractivity contribution in [2.24, 2.45) is 0 Å². The van der Waals surface area contributed by atoms with Gasteiger partial charge in [-0.2, -0.15) is 0 Å². The summed E-state index contributed by atoms with van der Waals surface area (Å²) in [5, 5.41) is 0. The molecule has 2 aromatic heterocycles. The zero-order chi connectivity index (χ0) is 14.1. The molecule has 0 amide bonds. The van der Waals surface area contributed by atoms with E-state index in [2.05, 4.69) is 9.97 Å². The molecule has 102 valence electrons. The van der Waals surface area contributed by atoms with Gasteiger partial charge >= 0.3 is 0 Å². The average Bonchev–Trinajstić information content (AvgIpc) is 2.89. The molecule has 2 N–H and O–H groups in total. The minimum Gasteiger partial charge on any atom is -0.382 e. The number of rotatable bonds is 3. The Balaban J connectivity index is 2.22. The number of nitrogens with two attached hydrogens (primary N) is 1. The van der Waals surface area contributed by atoms with Gasteiger partial charge in [0.25, 0.3) is 0 Å². The van der Waals surface area contributed by atoms with Crippen molar-refractivity contribution in [2.45, 2.75) is 6.92 Å². The molecule has 6 heteroatoms. The van der Waals surface area contributed by atoms with Gasteiger partial charge in [0.2, 0.25) is 0 Å². The molecular weight excluding hydrogens is 257 g/mol. The topological polar surface area (TPSA) is 59.5 Å². The Morgan fingerprint density at radius 3 is 2.90 bits per heavy atom. The van der Waals surface area contributed by atoms with E-state index in [9.17, 15) is 4.39 Å². The first-order valence-corrected chi connectivity index (χ1v) is 6.32. The molecule has 0 atom stereocenters. The SMILES string of the molecule is CCN(c1ccccc1F)c1nc(N)cn2ccnc12. The van der Waals surface area contributed by atoms with Gasteiger partial charge in [-0.15, -0.1) is 0 Å². The van der Waals surface area contributed by atoms with Crippen LogP contribution in [-0.2, 0) is 0 Å². The Morgan fingerprint density at radius 1 is 1.35 bits per heavy atom. The number of hydrogen-bond acceptors (Lipinski definition) is 4. The molecule has 0 radical (unpaired) electrons. The second-order valence-electron chi connectivity index (χ2n) is 4.34. The van der Waals surface area contributed by atoms with Crippen molar-refractivity contribution in [2.75, 3.05) is 17.2 Å². The van der Waals surface area contributed by atoms with Crippen LogP contribution in [0.15, 0.2) is 42.9 Å². The summed E-state index contributed by atoms with van der Waals surface area (Å²) >= 11 is 0. The molecule has 0 aliphatic carbocycles. The zero-order valence-corrected chi connectivity index (χ0v) is 11.0. The van der Waals surface area contributed by atoms with E-state index in [-0.39, 0.29) is 5.82 Å². The highest BCUT2D eigenvalue weighted by atomic mass is 19.1. The fourth-order valence-electron chi connectivity index (χ4n) is 2.22. The van der Waals surface area contributed by atoms with Crippen LogP contribution in [0.1, 0.15) is 6.92 Å². The van der Waals surface area contributed by atoms with Crippen LogP contribution >= 0.6 is 0 Å². The van der Waals surface area contributed by atoms with Crippen LogP contribution in [0.3, 0.4) is 0 Å². The fourth-order valence-corrected chi connectivity index (χ4v) is 2.22. The maximum Gasteiger partial charge on any atom is 0.180 e. The normalized spacial score (nSPS) is 10.9.